The molecule has 24 nitrogen and oxygen atoms in total. The SMILES string of the molecule is CC(=O)N[C@H]1[C@H](OCc2cn(-c3ccc(-c4c5nc(c(-c6ccccc6)c6ccc([n-]6)c(-c6ccccc6)c6nc(c(-c7ccc(-n8cc(CO[C@@H]9O[C@H](CO)[C@@H](O)[C@H](O)[C@H]9NC(C)=O)nn8)cc7)c7ccc4[n-]7)C=C6)C=C5)cc3)nn2)O[C@H](CO)[C@@H](O)[C@@H]1O.[Zn+2]. The predicted molar refractivity (Wildman–Crippen MR) is 329 cm³/mol. The van der Waals surface area contributed by atoms with Crippen LogP contribution in [0.25, 0.3) is 102 Å². The third-order valence-corrected chi connectivity index (χ3v) is 15.9. The van der Waals surface area contributed by atoms with Gasteiger partial charge in [0.25, 0.3) is 0 Å². The molecule has 9 aromatic rings. The monoisotopic (exact) mass is 1280 g/mol. The van der Waals surface area contributed by atoms with Crippen LogP contribution in [0.1, 0.15) is 48.0 Å². The number of aromatic nitrogens is 10. The summed E-state index contributed by atoms with van der Waals surface area (Å²) in [4.78, 5) is 45.7. The second-order valence-corrected chi connectivity index (χ2v) is 22.0. The van der Waals surface area contributed by atoms with Gasteiger partial charge in [0.05, 0.1) is 73.0 Å². The van der Waals surface area contributed by atoms with E-state index in [0.29, 0.717) is 56.6 Å². The number of ether oxygens (including phenoxy) is 4. The van der Waals surface area contributed by atoms with Crippen LogP contribution in [0.4, 0.5) is 0 Å². The number of aliphatic hydroxyl groups excluding tert-OH is 6. The van der Waals surface area contributed by atoms with Crippen LogP contribution in [0, 0.1) is 0 Å². The van der Waals surface area contributed by atoms with Gasteiger partial charge in [-0.15, -0.1) is 32.3 Å². The molecule has 4 aliphatic rings. The first kappa shape index (κ1) is 62.1. The second kappa shape index (κ2) is 26.8. The molecule has 2 saturated heterocycles. The average Bonchev–Trinajstić information content (AvgIpc) is 1.71. The molecule has 0 aliphatic carbocycles. The first-order valence-electron chi connectivity index (χ1n) is 29.0. The van der Waals surface area contributed by atoms with E-state index in [0.717, 1.165) is 55.5 Å². The van der Waals surface area contributed by atoms with E-state index in [9.17, 15) is 40.2 Å². The number of nitrogens with zero attached hydrogens (tertiary/aromatic N) is 10. The molecular weight excluding hydrogens is 1220 g/mol. The Kier molecular flexibility index (Phi) is 18.3. The number of carbonyl (C=O) groups is 2. The van der Waals surface area contributed by atoms with E-state index in [4.69, 9.17) is 38.9 Å². The molecule has 458 valence electrons. The maximum absolute atomic E-state index is 12.0. The van der Waals surface area contributed by atoms with Crippen LogP contribution in [-0.2, 0) is 61.2 Å². The third kappa shape index (κ3) is 12.7. The normalized spacial score (nSPS) is 21.9. The van der Waals surface area contributed by atoms with Crippen LogP contribution >= 0.6 is 0 Å². The van der Waals surface area contributed by atoms with Crippen molar-refractivity contribution in [2.45, 2.75) is 88.3 Å². The molecule has 0 unspecified atom stereocenters. The van der Waals surface area contributed by atoms with Gasteiger partial charge in [0.15, 0.2) is 12.6 Å². The standard InChI is InChI=1S/C66H62N12O12.Zn/c1-35(81)67-59-63(85)61(83)53(31-79)89-65(59)87-33-41-29-77(75-73-41)43-17-13-39(14-18-43)57-49-25-23-47(70-49)55(37-9-5-3-6-10-37)45-21-22-46(69-45)56(38-11-7-4-8-12-38)48-24-26-50(71-48)58(52-28-27-51(57)72-52)40-15-19-44(20-16-40)78-30-42(74-76-78)34-88-66-60(68-36(2)82)64(86)62(84)54(32-80)90-66;/h3-30,53-54,59-66,79-80,83-86H,31-34H2,1-2H3,(H4,67,68,69,70,71,72,73,74,75,76,81,82);/q;+2/p-2/t53-,54-,59-,60-,61-,62-,63-,64-,65-,66-;/m1./s1. The molecule has 8 N–H and O–H groups in total. The zero-order valence-electron chi connectivity index (χ0n) is 49.1. The summed E-state index contributed by atoms with van der Waals surface area (Å²) in [6.45, 7) is 1.05. The minimum atomic E-state index is -1.48. The minimum absolute atomic E-state index is 0. The number of aliphatic hydroxyl groups is 6. The van der Waals surface area contributed by atoms with E-state index in [1.807, 2.05) is 158 Å². The van der Waals surface area contributed by atoms with Crippen molar-refractivity contribution in [3.8, 4) is 55.9 Å². The van der Waals surface area contributed by atoms with Gasteiger partial charge < -0.3 is 70.2 Å². The molecule has 5 aromatic heterocycles. The Labute approximate surface area is 532 Å². The van der Waals surface area contributed by atoms with E-state index in [1.165, 1.54) is 13.8 Å². The zero-order valence-corrected chi connectivity index (χ0v) is 52.0. The molecule has 13 rings (SSSR count). The molecule has 25 heteroatoms. The quantitative estimate of drug-likeness (QED) is 0.0610. The number of nitrogens with one attached hydrogen (secondary N) is 2. The third-order valence-electron chi connectivity index (χ3n) is 15.9. The molecule has 0 spiro atoms. The smallest absolute Gasteiger partial charge is 0.657 e. The number of carbonyl (C=O) groups excluding carboxylic acids is 2. The van der Waals surface area contributed by atoms with Crippen molar-refractivity contribution < 1.29 is 78.7 Å². The van der Waals surface area contributed by atoms with Crippen molar-refractivity contribution in [1.82, 2.24) is 60.6 Å². The molecule has 2 fully saturated rings. The first-order chi connectivity index (χ1) is 43.8. The number of fused-ring (bicyclic) bond motifs is 8. The van der Waals surface area contributed by atoms with Gasteiger partial charge >= 0.3 is 19.5 Å². The van der Waals surface area contributed by atoms with Crippen molar-refractivity contribution in [2.75, 3.05) is 13.2 Å². The second-order valence-electron chi connectivity index (χ2n) is 22.0. The molecule has 8 bridgehead atoms. The van der Waals surface area contributed by atoms with Gasteiger partial charge in [-0.1, -0.05) is 120 Å². The molecule has 91 heavy (non-hydrogen) atoms. The van der Waals surface area contributed by atoms with E-state index >= 15 is 0 Å². The van der Waals surface area contributed by atoms with Crippen LogP contribution in [0.15, 0.2) is 146 Å². The molecular formula is C66H60N12O12Zn. The largest absolute Gasteiger partial charge is 2.00 e. The van der Waals surface area contributed by atoms with Crippen LogP contribution in [-0.4, -0.2) is 157 Å². The van der Waals surface area contributed by atoms with Crippen molar-refractivity contribution in [3.05, 3.63) is 180 Å². The summed E-state index contributed by atoms with van der Waals surface area (Å²) in [7, 11) is 0. The van der Waals surface area contributed by atoms with Gasteiger partial charge in [0.2, 0.25) is 11.8 Å². The molecule has 4 aliphatic heterocycles. The Hall–Kier alpha value is -9.08. The van der Waals surface area contributed by atoms with Gasteiger partial charge in [0, 0.05) is 13.8 Å². The Balaban J connectivity index is 0.00000800. The van der Waals surface area contributed by atoms with E-state index < -0.39 is 86.3 Å². The summed E-state index contributed by atoms with van der Waals surface area (Å²) >= 11 is 0. The molecule has 4 aromatic carbocycles. The van der Waals surface area contributed by atoms with Gasteiger partial charge in [-0.2, -0.15) is 0 Å². The van der Waals surface area contributed by atoms with E-state index in [-0.39, 0.29) is 32.7 Å². The number of benzene rings is 4. The number of rotatable bonds is 16. The summed E-state index contributed by atoms with van der Waals surface area (Å²) in [6, 6.07) is 41.2. The fourth-order valence-corrected chi connectivity index (χ4v) is 11.6. The minimum Gasteiger partial charge on any atom is -0.657 e. The van der Waals surface area contributed by atoms with Crippen LogP contribution < -0.4 is 20.6 Å². The predicted octanol–water partition coefficient (Wildman–Crippen LogP) is 4.66. The Bertz CT molecular complexity index is 4080. The average molecular weight is 1280 g/mol. The summed E-state index contributed by atoms with van der Waals surface area (Å²) in [6.07, 6.45) is 0.688. The summed E-state index contributed by atoms with van der Waals surface area (Å²) in [5.41, 5.74) is 14.1. The Morgan fingerprint density at radius 3 is 1.13 bits per heavy atom. The van der Waals surface area contributed by atoms with E-state index in [1.54, 1.807) is 21.8 Å². The van der Waals surface area contributed by atoms with Gasteiger partial charge in [-0.05, 0) is 93.1 Å². The molecule has 0 radical (unpaired) electrons. The Morgan fingerprint density at radius 2 is 0.813 bits per heavy atom. The van der Waals surface area contributed by atoms with Crippen LogP contribution in [0.5, 0.6) is 0 Å². The first-order valence-corrected chi connectivity index (χ1v) is 29.0. The zero-order chi connectivity index (χ0) is 62.2. The van der Waals surface area contributed by atoms with Gasteiger partial charge in [-0.3, -0.25) is 9.59 Å². The van der Waals surface area contributed by atoms with E-state index in [2.05, 4.69) is 31.3 Å². The van der Waals surface area contributed by atoms with Gasteiger partial charge in [0.1, 0.15) is 60.1 Å². The van der Waals surface area contributed by atoms with Crippen molar-refractivity contribution in [1.29, 1.82) is 0 Å². The summed E-state index contributed by atoms with van der Waals surface area (Å²) < 4.78 is 26.6. The number of hydrogen-bond acceptors (Lipinski definition) is 18. The fourth-order valence-electron chi connectivity index (χ4n) is 11.6. The Morgan fingerprint density at radius 1 is 0.484 bits per heavy atom. The van der Waals surface area contributed by atoms with Gasteiger partial charge in [-0.25, -0.2) is 19.3 Å². The van der Waals surface area contributed by atoms with Crippen molar-refractivity contribution >= 4 is 58.2 Å². The summed E-state index contributed by atoms with van der Waals surface area (Å²) in [5, 5.41) is 84.7. The maximum atomic E-state index is 12.0. The molecule has 9 heterocycles. The maximum Gasteiger partial charge on any atom is 2.00 e. The van der Waals surface area contributed by atoms with Crippen LogP contribution in [0.2, 0.25) is 0 Å². The van der Waals surface area contributed by atoms with Crippen molar-refractivity contribution in [2.24, 2.45) is 0 Å². The summed E-state index contributed by atoms with van der Waals surface area (Å²) in [5.74, 6) is -0.952. The molecule has 10 atom stereocenters. The number of hydrogen-bond donors (Lipinski definition) is 8. The number of amides is 2. The topological polar surface area (TPSA) is 332 Å². The van der Waals surface area contributed by atoms with Crippen molar-refractivity contribution in [3.63, 3.8) is 0 Å². The molecule has 2 amide bonds. The van der Waals surface area contributed by atoms with Crippen LogP contribution in [0.3, 0.4) is 0 Å². The fraction of sp³-hybridized carbons (Fsp3) is 0.242. The molecule has 0 saturated carbocycles.